The molecule has 3 heterocycles. The third-order valence-electron chi connectivity index (χ3n) is 3.83. The lowest BCUT2D eigenvalue weighted by molar-refractivity contribution is 0.172. The molecule has 7 heteroatoms. The van der Waals surface area contributed by atoms with E-state index in [4.69, 9.17) is 4.52 Å². The number of aryl methyl sites for hydroxylation is 1. The van der Waals surface area contributed by atoms with Crippen molar-refractivity contribution in [2.75, 3.05) is 19.6 Å². The number of carbonyl (C=O) groups excluding carboxylic acids is 1. The fraction of sp³-hybridized carbons (Fsp3) is 0.533. The lowest BCUT2D eigenvalue weighted by Crippen LogP contribution is -2.45. The van der Waals surface area contributed by atoms with Crippen LogP contribution in [0.2, 0.25) is 0 Å². The fourth-order valence-electron chi connectivity index (χ4n) is 2.70. The van der Waals surface area contributed by atoms with Crippen molar-refractivity contribution in [3.8, 4) is 0 Å². The molecule has 0 bridgehead atoms. The Hall–Kier alpha value is -1.89. The highest BCUT2D eigenvalue weighted by Crippen LogP contribution is 2.25. The minimum absolute atomic E-state index is 0.00232. The maximum absolute atomic E-state index is 12.3. The van der Waals surface area contributed by atoms with Crippen LogP contribution in [0.1, 0.15) is 35.4 Å². The molecule has 6 nitrogen and oxygen atoms in total. The van der Waals surface area contributed by atoms with Crippen molar-refractivity contribution in [3.63, 3.8) is 0 Å². The van der Waals surface area contributed by atoms with Gasteiger partial charge in [-0.25, -0.2) is 4.79 Å². The first-order valence-electron chi connectivity index (χ1n) is 7.58. The smallest absolute Gasteiger partial charge is 0.317 e. The number of hydrogen-bond donors (Lipinski definition) is 1. The van der Waals surface area contributed by atoms with E-state index in [2.05, 4.69) is 26.9 Å². The molecule has 2 amide bonds. The Kier molecular flexibility index (Phi) is 4.72. The van der Waals surface area contributed by atoms with Gasteiger partial charge in [0.15, 0.2) is 5.82 Å². The zero-order valence-corrected chi connectivity index (χ0v) is 13.4. The van der Waals surface area contributed by atoms with Crippen LogP contribution in [-0.4, -0.2) is 40.7 Å². The number of urea groups is 1. The maximum atomic E-state index is 12.3. The molecule has 1 unspecified atom stereocenters. The van der Waals surface area contributed by atoms with Gasteiger partial charge in [-0.1, -0.05) is 11.2 Å². The number of aromatic nitrogens is 2. The van der Waals surface area contributed by atoms with Gasteiger partial charge in [0.25, 0.3) is 0 Å². The maximum Gasteiger partial charge on any atom is 0.317 e. The van der Waals surface area contributed by atoms with E-state index in [9.17, 15) is 4.79 Å². The second kappa shape index (κ2) is 6.91. The first kappa shape index (κ1) is 15.0. The van der Waals surface area contributed by atoms with E-state index in [-0.39, 0.29) is 11.9 Å². The Labute approximate surface area is 133 Å². The van der Waals surface area contributed by atoms with Gasteiger partial charge < -0.3 is 14.7 Å². The molecule has 3 rings (SSSR count). The Balaban J connectivity index is 1.49. The first-order chi connectivity index (χ1) is 10.7. The normalized spacial score (nSPS) is 18.4. The third kappa shape index (κ3) is 3.65. The minimum atomic E-state index is -0.00232. The zero-order chi connectivity index (χ0) is 15.4. The van der Waals surface area contributed by atoms with Gasteiger partial charge >= 0.3 is 6.03 Å². The summed E-state index contributed by atoms with van der Waals surface area (Å²) >= 11 is 1.72. The molecule has 1 aliphatic heterocycles. The van der Waals surface area contributed by atoms with Gasteiger partial charge in [-0.05, 0) is 37.6 Å². The second-order valence-electron chi connectivity index (χ2n) is 5.53. The molecule has 0 spiro atoms. The van der Waals surface area contributed by atoms with Gasteiger partial charge in [0.05, 0.1) is 5.92 Å². The molecule has 1 aliphatic rings. The summed E-state index contributed by atoms with van der Waals surface area (Å²) in [6.07, 6.45) is 2.83. The van der Waals surface area contributed by atoms with Crippen LogP contribution >= 0.6 is 11.3 Å². The van der Waals surface area contributed by atoms with E-state index in [0.717, 1.165) is 25.8 Å². The van der Waals surface area contributed by atoms with E-state index in [1.807, 2.05) is 17.9 Å². The lowest BCUT2D eigenvalue weighted by atomic mass is 9.98. The predicted octanol–water partition coefficient (Wildman–Crippen LogP) is 2.57. The van der Waals surface area contributed by atoms with Gasteiger partial charge in [0.2, 0.25) is 5.89 Å². The molecule has 0 saturated carbocycles. The summed E-state index contributed by atoms with van der Waals surface area (Å²) < 4.78 is 5.24. The van der Waals surface area contributed by atoms with Crippen molar-refractivity contribution in [1.82, 2.24) is 20.4 Å². The lowest BCUT2D eigenvalue weighted by Gasteiger charge is -2.31. The van der Waals surface area contributed by atoms with E-state index in [1.54, 1.807) is 11.3 Å². The van der Waals surface area contributed by atoms with Crippen LogP contribution in [-0.2, 0) is 6.42 Å². The van der Waals surface area contributed by atoms with E-state index >= 15 is 0 Å². The summed E-state index contributed by atoms with van der Waals surface area (Å²) in [5, 5.41) is 8.88. The van der Waals surface area contributed by atoms with Crippen molar-refractivity contribution in [3.05, 3.63) is 34.1 Å². The van der Waals surface area contributed by atoms with Crippen molar-refractivity contribution in [1.29, 1.82) is 0 Å². The first-order valence-corrected chi connectivity index (χ1v) is 8.45. The minimum Gasteiger partial charge on any atom is -0.339 e. The fourth-order valence-corrected chi connectivity index (χ4v) is 3.41. The molecule has 1 atom stereocenters. The van der Waals surface area contributed by atoms with Crippen molar-refractivity contribution in [2.24, 2.45) is 0 Å². The molecule has 0 aromatic carbocycles. The van der Waals surface area contributed by atoms with E-state index in [0.29, 0.717) is 24.8 Å². The molecular formula is C15H20N4O2S. The number of carbonyl (C=O) groups is 1. The quantitative estimate of drug-likeness (QED) is 0.940. The Bertz CT molecular complexity index is 611. The van der Waals surface area contributed by atoms with Gasteiger partial charge in [0, 0.05) is 24.5 Å². The summed E-state index contributed by atoms with van der Waals surface area (Å²) in [5.74, 6) is 1.44. The van der Waals surface area contributed by atoms with Crippen LogP contribution in [0.4, 0.5) is 4.79 Å². The summed E-state index contributed by atoms with van der Waals surface area (Å²) in [7, 11) is 0. The molecule has 22 heavy (non-hydrogen) atoms. The predicted molar refractivity (Wildman–Crippen MR) is 84.0 cm³/mol. The number of amides is 2. The number of rotatable bonds is 4. The number of hydrogen-bond acceptors (Lipinski definition) is 5. The highest BCUT2D eigenvalue weighted by atomic mass is 32.1. The second-order valence-corrected chi connectivity index (χ2v) is 6.56. The van der Waals surface area contributed by atoms with Crippen LogP contribution in [0.3, 0.4) is 0 Å². The molecular weight excluding hydrogens is 300 g/mol. The average Bonchev–Trinajstić information content (AvgIpc) is 3.19. The Morgan fingerprint density at radius 1 is 1.59 bits per heavy atom. The molecule has 1 N–H and O–H groups in total. The van der Waals surface area contributed by atoms with Crippen LogP contribution in [0, 0.1) is 6.92 Å². The number of nitrogens with one attached hydrogen (secondary N) is 1. The molecule has 2 aromatic heterocycles. The molecule has 1 saturated heterocycles. The van der Waals surface area contributed by atoms with Crippen molar-refractivity contribution >= 4 is 17.4 Å². The van der Waals surface area contributed by atoms with Gasteiger partial charge in [-0.2, -0.15) is 4.98 Å². The summed E-state index contributed by atoms with van der Waals surface area (Å²) in [5.41, 5.74) is 0. The Morgan fingerprint density at radius 2 is 2.50 bits per heavy atom. The zero-order valence-electron chi connectivity index (χ0n) is 12.6. The summed E-state index contributed by atoms with van der Waals surface area (Å²) in [6.45, 7) is 3.91. The Morgan fingerprint density at radius 3 is 3.23 bits per heavy atom. The van der Waals surface area contributed by atoms with E-state index < -0.39 is 0 Å². The van der Waals surface area contributed by atoms with Crippen LogP contribution in [0.25, 0.3) is 0 Å². The van der Waals surface area contributed by atoms with Crippen molar-refractivity contribution in [2.45, 2.75) is 32.1 Å². The number of piperidine rings is 1. The van der Waals surface area contributed by atoms with Crippen LogP contribution in [0.5, 0.6) is 0 Å². The molecule has 0 aliphatic carbocycles. The average molecular weight is 320 g/mol. The largest absolute Gasteiger partial charge is 0.339 e. The summed E-state index contributed by atoms with van der Waals surface area (Å²) in [4.78, 5) is 19.7. The topological polar surface area (TPSA) is 71.3 Å². The number of thiophene rings is 1. The van der Waals surface area contributed by atoms with Gasteiger partial charge in [-0.3, -0.25) is 0 Å². The summed E-state index contributed by atoms with van der Waals surface area (Å²) in [6, 6.07) is 4.12. The van der Waals surface area contributed by atoms with Gasteiger partial charge in [0.1, 0.15) is 0 Å². The van der Waals surface area contributed by atoms with Gasteiger partial charge in [-0.15, -0.1) is 11.3 Å². The number of likely N-dealkylation sites (tertiary alicyclic amines) is 1. The molecule has 118 valence electrons. The monoisotopic (exact) mass is 320 g/mol. The SMILES string of the molecule is Cc1noc(C2CCCN(C(=O)NCCc3cccs3)C2)n1. The van der Waals surface area contributed by atoms with Crippen LogP contribution in [0.15, 0.2) is 22.0 Å². The molecule has 0 radical (unpaired) electrons. The number of nitrogens with zero attached hydrogens (tertiary/aromatic N) is 3. The third-order valence-corrected chi connectivity index (χ3v) is 4.77. The highest BCUT2D eigenvalue weighted by molar-refractivity contribution is 7.09. The van der Waals surface area contributed by atoms with Crippen molar-refractivity contribution < 1.29 is 9.32 Å². The highest BCUT2D eigenvalue weighted by Gasteiger charge is 2.28. The molecule has 1 fully saturated rings. The standard InChI is InChI=1S/C15H20N4O2S/c1-11-17-14(21-18-11)12-4-2-8-19(10-12)15(20)16-7-6-13-5-3-9-22-13/h3,5,9,12H,2,4,6-8,10H2,1H3,(H,16,20). The van der Waals surface area contributed by atoms with E-state index in [1.165, 1.54) is 4.88 Å². The van der Waals surface area contributed by atoms with Crippen LogP contribution < -0.4 is 5.32 Å². The molecule has 2 aromatic rings.